The Morgan fingerprint density at radius 3 is 2.58 bits per heavy atom. The van der Waals surface area contributed by atoms with E-state index in [1.165, 1.54) is 6.92 Å². The maximum Gasteiger partial charge on any atom is 0.308 e. The average molecular weight is 259 g/mol. The lowest BCUT2D eigenvalue weighted by Gasteiger charge is -2.12. The molecule has 0 saturated heterocycles. The molecule has 1 heterocycles. The molecule has 19 heavy (non-hydrogen) atoms. The summed E-state index contributed by atoms with van der Waals surface area (Å²) >= 11 is 0. The second-order valence-electron chi connectivity index (χ2n) is 4.96. The van der Waals surface area contributed by atoms with Crippen LogP contribution in [0.15, 0.2) is 24.3 Å². The zero-order valence-corrected chi connectivity index (χ0v) is 11.8. The van der Waals surface area contributed by atoms with E-state index in [0.717, 1.165) is 35.9 Å². The van der Waals surface area contributed by atoms with Gasteiger partial charge in [-0.15, -0.1) is 0 Å². The van der Waals surface area contributed by atoms with E-state index >= 15 is 0 Å². The summed E-state index contributed by atoms with van der Waals surface area (Å²) < 4.78 is 5.42. The number of fused-ring (bicyclic) bond motifs is 1. The van der Waals surface area contributed by atoms with E-state index < -0.39 is 0 Å². The fraction of sp³-hybridized carbons (Fsp3) is 0.438. The molecule has 1 N–H and O–H groups in total. The maximum absolute atomic E-state index is 11.3. The van der Waals surface area contributed by atoms with Crippen molar-refractivity contribution in [2.75, 3.05) is 0 Å². The highest BCUT2D eigenvalue weighted by atomic mass is 16.5. The van der Waals surface area contributed by atoms with Crippen LogP contribution in [0.25, 0.3) is 10.9 Å². The van der Waals surface area contributed by atoms with E-state index in [4.69, 9.17) is 4.74 Å². The molecule has 3 nitrogen and oxygen atoms in total. The van der Waals surface area contributed by atoms with Crippen molar-refractivity contribution in [2.45, 2.75) is 40.0 Å². The van der Waals surface area contributed by atoms with Gasteiger partial charge in [-0.2, -0.15) is 0 Å². The van der Waals surface area contributed by atoms with E-state index in [-0.39, 0.29) is 5.97 Å². The SMILES string of the molecule is CCC(CC)Cc1[nH]c2ccccc2c1OC(C)=O. The predicted molar refractivity (Wildman–Crippen MR) is 77.4 cm³/mol. The van der Waals surface area contributed by atoms with Gasteiger partial charge in [0, 0.05) is 17.8 Å². The third-order valence-electron chi connectivity index (χ3n) is 3.62. The Morgan fingerprint density at radius 2 is 1.95 bits per heavy atom. The molecule has 3 heteroatoms. The van der Waals surface area contributed by atoms with Crippen molar-refractivity contribution < 1.29 is 9.53 Å². The van der Waals surface area contributed by atoms with Crippen LogP contribution in [-0.4, -0.2) is 11.0 Å². The molecule has 0 aliphatic carbocycles. The van der Waals surface area contributed by atoms with Crippen LogP contribution in [0.3, 0.4) is 0 Å². The zero-order chi connectivity index (χ0) is 13.8. The first-order valence-corrected chi connectivity index (χ1v) is 6.93. The van der Waals surface area contributed by atoms with Crippen molar-refractivity contribution in [3.05, 3.63) is 30.0 Å². The van der Waals surface area contributed by atoms with Crippen LogP contribution >= 0.6 is 0 Å². The summed E-state index contributed by atoms with van der Waals surface area (Å²) in [5, 5.41) is 0.985. The lowest BCUT2D eigenvalue weighted by Crippen LogP contribution is -2.07. The van der Waals surface area contributed by atoms with Crippen molar-refractivity contribution in [1.29, 1.82) is 0 Å². The molecule has 0 atom stereocenters. The molecule has 0 amide bonds. The van der Waals surface area contributed by atoms with E-state index in [9.17, 15) is 4.79 Å². The lowest BCUT2D eigenvalue weighted by atomic mass is 9.97. The molecule has 0 radical (unpaired) electrons. The van der Waals surface area contributed by atoms with Crippen LogP contribution in [0.5, 0.6) is 5.75 Å². The Kier molecular flexibility index (Phi) is 4.25. The first-order chi connectivity index (χ1) is 9.15. The highest BCUT2D eigenvalue weighted by Crippen LogP contribution is 2.32. The Hall–Kier alpha value is -1.77. The third-order valence-corrected chi connectivity index (χ3v) is 3.62. The predicted octanol–water partition coefficient (Wildman–Crippen LogP) is 4.07. The smallest absolute Gasteiger partial charge is 0.308 e. The summed E-state index contributed by atoms with van der Waals surface area (Å²) in [5.74, 6) is 1.05. The van der Waals surface area contributed by atoms with Gasteiger partial charge < -0.3 is 9.72 Å². The van der Waals surface area contributed by atoms with E-state index in [1.54, 1.807) is 0 Å². The van der Waals surface area contributed by atoms with Crippen LogP contribution in [0, 0.1) is 5.92 Å². The quantitative estimate of drug-likeness (QED) is 0.822. The summed E-state index contributed by atoms with van der Waals surface area (Å²) in [4.78, 5) is 14.7. The van der Waals surface area contributed by atoms with Gasteiger partial charge in [-0.25, -0.2) is 0 Å². The first-order valence-electron chi connectivity index (χ1n) is 6.93. The Bertz CT molecular complexity index is 567. The topological polar surface area (TPSA) is 42.1 Å². The summed E-state index contributed by atoms with van der Waals surface area (Å²) in [5.41, 5.74) is 2.06. The highest BCUT2D eigenvalue weighted by Gasteiger charge is 2.17. The van der Waals surface area contributed by atoms with Crippen molar-refractivity contribution >= 4 is 16.9 Å². The number of rotatable bonds is 5. The van der Waals surface area contributed by atoms with Gasteiger partial charge in [0.15, 0.2) is 5.75 Å². The summed E-state index contributed by atoms with van der Waals surface area (Å²) in [6.07, 6.45) is 3.18. The van der Waals surface area contributed by atoms with Gasteiger partial charge >= 0.3 is 5.97 Å². The van der Waals surface area contributed by atoms with Gasteiger partial charge in [0.2, 0.25) is 0 Å². The Morgan fingerprint density at radius 1 is 1.26 bits per heavy atom. The second kappa shape index (κ2) is 5.91. The number of esters is 1. The number of H-pyrrole nitrogens is 1. The highest BCUT2D eigenvalue weighted by molar-refractivity contribution is 5.90. The van der Waals surface area contributed by atoms with Gasteiger partial charge in [-0.3, -0.25) is 4.79 Å². The van der Waals surface area contributed by atoms with E-state index in [2.05, 4.69) is 18.8 Å². The minimum Gasteiger partial charge on any atom is -0.424 e. The number of ether oxygens (including phenoxy) is 1. The largest absolute Gasteiger partial charge is 0.424 e. The summed E-state index contributed by atoms with van der Waals surface area (Å²) in [7, 11) is 0. The summed E-state index contributed by atoms with van der Waals surface area (Å²) in [6, 6.07) is 7.95. The van der Waals surface area contributed by atoms with Gasteiger partial charge in [0.25, 0.3) is 0 Å². The number of benzene rings is 1. The minimum absolute atomic E-state index is 0.268. The van der Waals surface area contributed by atoms with Gasteiger partial charge in [0.05, 0.1) is 5.69 Å². The van der Waals surface area contributed by atoms with Crippen LogP contribution in [0.2, 0.25) is 0 Å². The molecule has 0 bridgehead atoms. The molecular weight excluding hydrogens is 238 g/mol. The number of carbonyl (C=O) groups excluding carboxylic acids is 1. The fourth-order valence-electron chi connectivity index (χ4n) is 2.44. The first kappa shape index (κ1) is 13.7. The molecule has 0 spiro atoms. The van der Waals surface area contributed by atoms with Gasteiger partial charge in [-0.1, -0.05) is 38.8 Å². The molecule has 0 aliphatic rings. The second-order valence-corrected chi connectivity index (χ2v) is 4.96. The Balaban J connectivity index is 2.43. The van der Waals surface area contributed by atoms with Crippen LogP contribution in [0.1, 0.15) is 39.3 Å². The molecule has 0 saturated carbocycles. The fourth-order valence-corrected chi connectivity index (χ4v) is 2.44. The van der Waals surface area contributed by atoms with Gasteiger partial charge in [0.1, 0.15) is 0 Å². The number of hydrogen-bond acceptors (Lipinski definition) is 2. The number of hydrogen-bond donors (Lipinski definition) is 1. The van der Waals surface area contributed by atoms with Crippen molar-refractivity contribution in [3.8, 4) is 5.75 Å². The van der Waals surface area contributed by atoms with Crippen molar-refractivity contribution in [2.24, 2.45) is 5.92 Å². The number of aromatic amines is 1. The van der Waals surface area contributed by atoms with Crippen LogP contribution < -0.4 is 4.74 Å². The maximum atomic E-state index is 11.3. The minimum atomic E-state index is -0.268. The molecule has 102 valence electrons. The molecule has 2 rings (SSSR count). The molecule has 0 fully saturated rings. The average Bonchev–Trinajstić information content (AvgIpc) is 2.73. The number of nitrogens with one attached hydrogen (secondary N) is 1. The number of aromatic nitrogens is 1. The number of para-hydroxylation sites is 1. The number of carbonyl (C=O) groups is 1. The standard InChI is InChI=1S/C16H21NO2/c1-4-12(5-2)10-15-16(19-11(3)18)13-8-6-7-9-14(13)17-15/h6-9,12,17H,4-5,10H2,1-3H3. The third kappa shape index (κ3) is 2.98. The van der Waals surface area contributed by atoms with Crippen molar-refractivity contribution in [1.82, 2.24) is 4.98 Å². The van der Waals surface area contributed by atoms with Crippen LogP contribution in [0.4, 0.5) is 0 Å². The normalized spacial score (nSPS) is 11.2. The molecule has 0 aliphatic heterocycles. The molecule has 2 aromatic rings. The molecule has 1 aromatic carbocycles. The molecule has 0 unspecified atom stereocenters. The monoisotopic (exact) mass is 259 g/mol. The zero-order valence-electron chi connectivity index (χ0n) is 11.8. The Labute approximate surface area is 114 Å². The molecular formula is C16H21NO2. The summed E-state index contributed by atoms with van der Waals surface area (Å²) in [6.45, 7) is 5.84. The van der Waals surface area contributed by atoms with Crippen molar-refractivity contribution in [3.63, 3.8) is 0 Å². The van der Waals surface area contributed by atoms with E-state index in [1.807, 2.05) is 24.3 Å². The lowest BCUT2D eigenvalue weighted by molar-refractivity contribution is -0.131. The van der Waals surface area contributed by atoms with Gasteiger partial charge in [-0.05, 0) is 24.5 Å². The molecule has 1 aromatic heterocycles. The van der Waals surface area contributed by atoms with Crippen LogP contribution in [-0.2, 0) is 11.2 Å². The van der Waals surface area contributed by atoms with E-state index in [0.29, 0.717) is 11.7 Å².